The number of hydrogen-bond acceptors (Lipinski definition) is 2. The lowest BCUT2D eigenvalue weighted by atomic mass is 9.77. The zero-order valence-electron chi connectivity index (χ0n) is 19.6. The summed E-state index contributed by atoms with van der Waals surface area (Å²) in [5.74, 6) is 0.0154. The molecule has 0 amide bonds. The van der Waals surface area contributed by atoms with Crippen molar-refractivity contribution in [3.8, 4) is 11.3 Å². The molecule has 0 aliphatic heterocycles. The van der Waals surface area contributed by atoms with E-state index >= 15 is 0 Å². The van der Waals surface area contributed by atoms with Crippen molar-refractivity contribution in [1.29, 1.82) is 0 Å². The van der Waals surface area contributed by atoms with Gasteiger partial charge < -0.3 is 4.57 Å². The molecule has 170 valence electrons. The molecule has 4 aromatic carbocycles. The minimum Gasteiger partial charge on any atom is -0.318 e. The number of imidazole rings is 1. The van der Waals surface area contributed by atoms with Crippen LogP contribution < -0.4 is 0 Å². The molecular formula is C32H26N2O. The first-order valence-corrected chi connectivity index (χ1v) is 11.7. The molecule has 0 saturated carbocycles. The quantitative estimate of drug-likeness (QED) is 0.196. The lowest BCUT2D eigenvalue weighted by molar-refractivity contribution is -0.112. The van der Waals surface area contributed by atoms with Gasteiger partial charge in [-0.15, -0.1) is 0 Å². The van der Waals surface area contributed by atoms with Gasteiger partial charge in [-0.05, 0) is 35.3 Å². The number of aromatic nitrogens is 2. The summed E-state index contributed by atoms with van der Waals surface area (Å²) in [6.07, 6.45) is 7.47. The van der Waals surface area contributed by atoms with Gasteiger partial charge in [-0.1, -0.05) is 121 Å². The highest BCUT2D eigenvalue weighted by Gasteiger charge is 2.38. The van der Waals surface area contributed by atoms with Gasteiger partial charge in [0.1, 0.15) is 5.54 Å². The third-order valence-corrected chi connectivity index (χ3v) is 6.28. The van der Waals surface area contributed by atoms with Gasteiger partial charge in [-0.3, -0.25) is 4.79 Å². The van der Waals surface area contributed by atoms with E-state index in [2.05, 4.69) is 83.6 Å². The van der Waals surface area contributed by atoms with Crippen molar-refractivity contribution in [3.63, 3.8) is 0 Å². The maximum absolute atomic E-state index is 11.6. The van der Waals surface area contributed by atoms with Gasteiger partial charge in [0, 0.05) is 11.8 Å². The van der Waals surface area contributed by atoms with Gasteiger partial charge in [-0.2, -0.15) is 0 Å². The predicted octanol–water partition coefficient (Wildman–Crippen LogP) is 6.99. The fraction of sp³-hybridized carbons (Fsp3) is 0.0625. The van der Waals surface area contributed by atoms with Crippen molar-refractivity contribution in [2.24, 2.45) is 0 Å². The number of carbonyl (C=O) groups excluding carboxylic acids is 1. The summed E-state index contributed by atoms with van der Waals surface area (Å²) in [7, 11) is 0. The third kappa shape index (κ3) is 4.24. The Hall–Kier alpha value is -4.50. The van der Waals surface area contributed by atoms with Crippen molar-refractivity contribution in [3.05, 3.63) is 156 Å². The first-order chi connectivity index (χ1) is 17.2. The summed E-state index contributed by atoms with van der Waals surface area (Å²) in [6.45, 7) is 1.56. The molecule has 1 aromatic heterocycles. The van der Waals surface area contributed by atoms with Crippen LogP contribution in [-0.2, 0) is 10.3 Å². The second kappa shape index (κ2) is 9.78. The Balaban J connectivity index is 1.76. The lowest BCUT2D eigenvalue weighted by Crippen LogP contribution is -2.36. The van der Waals surface area contributed by atoms with Gasteiger partial charge in [-0.25, -0.2) is 4.98 Å². The molecule has 0 bridgehead atoms. The van der Waals surface area contributed by atoms with Crippen molar-refractivity contribution in [1.82, 2.24) is 9.55 Å². The number of allylic oxidation sites excluding steroid dienone is 1. The Labute approximate surface area is 206 Å². The van der Waals surface area contributed by atoms with Crippen LogP contribution in [-0.4, -0.2) is 15.3 Å². The van der Waals surface area contributed by atoms with Gasteiger partial charge in [0.15, 0.2) is 5.78 Å². The molecule has 0 atom stereocenters. The Morgan fingerprint density at radius 3 is 1.71 bits per heavy atom. The molecule has 5 aromatic rings. The topological polar surface area (TPSA) is 34.9 Å². The molecule has 5 rings (SSSR count). The van der Waals surface area contributed by atoms with E-state index in [9.17, 15) is 4.79 Å². The molecule has 0 aliphatic carbocycles. The number of ketones is 1. The summed E-state index contributed by atoms with van der Waals surface area (Å²) in [6, 6.07) is 39.6. The molecule has 0 saturated heterocycles. The van der Waals surface area contributed by atoms with Crippen LogP contribution in [0.3, 0.4) is 0 Å². The van der Waals surface area contributed by atoms with E-state index in [1.165, 1.54) is 0 Å². The molecule has 1 heterocycles. The summed E-state index contributed by atoms with van der Waals surface area (Å²) in [5, 5.41) is 0. The van der Waals surface area contributed by atoms with Crippen molar-refractivity contribution in [2.75, 3.05) is 0 Å². The lowest BCUT2D eigenvalue weighted by Gasteiger charge is -2.37. The summed E-state index contributed by atoms with van der Waals surface area (Å²) < 4.78 is 2.20. The van der Waals surface area contributed by atoms with Crippen molar-refractivity contribution < 1.29 is 4.79 Å². The van der Waals surface area contributed by atoms with Gasteiger partial charge in [0.05, 0.1) is 12.0 Å². The van der Waals surface area contributed by atoms with E-state index in [1.807, 2.05) is 54.9 Å². The second-order valence-corrected chi connectivity index (χ2v) is 8.51. The highest BCUT2D eigenvalue weighted by molar-refractivity contribution is 5.92. The summed E-state index contributed by atoms with van der Waals surface area (Å²) >= 11 is 0. The van der Waals surface area contributed by atoms with E-state index in [0.717, 1.165) is 33.5 Å². The SMILES string of the molecule is CC(=O)/C=C/c1ccccc1-c1cn(C(c2ccccc2)(c2ccccc2)c2ccccc2)cn1. The average molecular weight is 455 g/mol. The first kappa shape index (κ1) is 22.3. The van der Waals surface area contributed by atoms with Crippen LogP contribution in [0.4, 0.5) is 0 Å². The van der Waals surface area contributed by atoms with Crippen LogP contribution >= 0.6 is 0 Å². The highest BCUT2D eigenvalue weighted by atomic mass is 16.1. The minimum absolute atomic E-state index is 0.0154. The third-order valence-electron chi connectivity index (χ3n) is 6.28. The molecule has 0 unspecified atom stereocenters. The second-order valence-electron chi connectivity index (χ2n) is 8.51. The number of rotatable bonds is 7. The predicted molar refractivity (Wildman–Crippen MR) is 142 cm³/mol. The van der Waals surface area contributed by atoms with Gasteiger partial charge in [0.2, 0.25) is 0 Å². The molecule has 0 aliphatic rings. The fourth-order valence-corrected chi connectivity index (χ4v) is 4.71. The maximum Gasteiger partial charge on any atom is 0.152 e. The highest BCUT2D eigenvalue weighted by Crippen LogP contribution is 2.41. The number of benzene rings is 4. The average Bonchev–Trinajstić information content (AvgIpc) is 3.40. The van der Waals surface area contributed by atoms with Crippen molar-refractivity contribution in [2.45, 2.75) is 12.5 Å². The van der Waals surface area contributed by atoms with Gasteiger partial charge in [0.25, 0.3) is 0 Å². The zero-order valence-corrected chi connectivity index (χ0v) is 19.6. The van der Waals surface area contributed by atoms with Crippen LogP contribution in [0.1, 0.15) is 29.2 Å². The van der Waals surface area contributed by atoms with E-state index in [1.54, 1.807) is 13.0 Å². The monoisotopic (exact) mass is 454 g/mol. The van der Waals surface area contributed by atoms with Crippen LogP contribution in [0.25, 0.3) is 17.3 Å². The molecule has 3 nitrogen and oxygen atoms in total. The Kier molecular flexibility index (Phi) is 6.23. The summed E-state index contributed by atoms with van der Waals surface area (Å²) in [4.78, 5) is 16.4. The first-order valence-electron chi connectivity index (χ1n) is 11.7. The van der Waals surface area contributed by atoms with Crippen LogP contribution in [0.2, 0.25) is 0 Å². The fourth-order valence-electron chi connectivity index (χ4n) is 4.71. The van der Waals surface area contributed by atoms with Crippen LogP contribution in [0.5, 0.6) is 0 Å². The van der Waals surface area contributed by atoms with Crippen molar-refractivity contribution >= 4 is 11.9 Å². The Bertz CT molecular complexity index is 1350. The smallest absolute Gasteiger partial charge is 0.152 e. The molecule has 35 heavy (non-hydrogen) atoms. The summed E-state index contributed by atoms with van der Waals surface area (Å²) in [5.41, 5.74) is 5.60. The Morgan fingerprint density at radius 2 is 1.20 bits per heavy atom. The molecule has 0 spiro atoms. The zero-order chi connectivity index (χ0) is 24.1. The molecular weight excluding hydrogens is 428 g/mol. The number of carbonyl (C=O) groups is 1. The standard InChI is InChI=1S/C32H26N2O/c1-25(35)21-22-26-13-11-12-20-30(26)31-23-34(24-33-31)32(27-14-5-2-6-15-27,28-16-7-3-8-17-28)29-18-9-4-10-19-29/h2-24H,1H3/b22-21+. The largest absolute Gasteiger partial charge is 0.318 e. The van der Waals surface area contributed by atoms with E-state index in [0.29, 0.717) is 0 Å². The minimum atomic E-state index is -0.612. The molecule has 0 radical (unpaired) electrons. The molecule has 0 N–H and O–H groups in total. The van der Waals surface area contributed by atoms with Gasteiger partial charge >= 0.3 is 0 Å². The Morgan fingerprint density at radius 1 is 0.714 bits per heavy atom. The van der Waals surface area contributed by atoms with E-state index in [-0.39, 0.29) is 5.78 Å². The molecule has 3 heteroatoms. The van der Waals surface area contributed by atoms with E-state index < -0.39 is 5.54 Å². The number of nitrogens with zero attached hydrogens (tertiary/aromatic N) is 2. The number of hydrogen-bond donors (Lipinski definition) is 0. The normalized spacial score (nSPS) is 11.6. The van der Waals surface area contributed by atoms with Crippen LogP contribution in [0.15, 0.2) is 134 Å². The van der Waals surface area contributed by atoms with E-state index in [4.69, 9.17) is 4.98 Å². The molecule has 0 fully saturated rings. The maximum atomic E-state index is 11.6. The van der Waals surface area contributed by atoms with Crippen LogP contribution in [0, 0.1) is 0 Å².